The zero-order chi connectivity index (χ0) is 8.97. The van der Waals surface area contributed by atoms with Crippen molar-refractivity contribution in [3.05, 3.63) is 35.9 Å². The molecule has 1 N–H and O–H groups in total. The van der Waals surface area contributed by atoms with Gasteiger partial charge in [-0.2, -0.15) is 0 Å². The SMILES string of the molecule is C[C@H](O)[C@@H](F)Cc1ccccc1. The Morgan fingerprint density at radius 2 is 1.92 bits per heavy atom. The Hall–Kier alpha value is -0.890. The fourth-order valence-corrected chi connectivity index (χ4v) is 1.01. The molecule has 0 fully saturated rings. The lowest BCUT2D eigenvalue weighted by molar-refractivity contribution is 0.0932. The molecule has 0 bridgehead atoms. The highest BCUT2D eigenvalue weighted by Gasteiger charge is 2.12. The van der Waals surface area contributed by atoms with Gasteiger partial charge in [-0.3, -0.25) is 0 Å². The van der Waals surface area contributed by atoms with E-state index in [0.29, 0.717) is 6.42 Å². The zero-order valence-corrected chi connectivity index (χ0v) is 7.07. The van der Waals surface area contributed by atoms with Crippen LogP contribution in [-0.4, -0.2) is 17.4 Å². The number of aliphatic hydroxyl groups is 1. The molecule has 0 heterocycles. The van der Waals surface area contributed by atoms with Crippen LogP contribution in [0.25, 0.3) is 0 Å². The topological polar surface area (TPSA) is 20.2 Å². The molecule has 0 saturated carbocycles. The van der Waals surface area contributed by atoms with Crippen LogP contribution in [0, 0.1) is 0 Å². The lowest BCUT2D eigenvalue weighted by Crippen LogP contribution is -2.20. The molecule has 12 heavy (non-hydrogen) atoms. The average molecular weight is 168 g/mol. The Bertz CT molecular complexity index is 221. The number of benzene rings is 1. The first-order chi connectivity index (χ1) is 5.70. The molecular weight excluding hydrogens is 155 g/mol. The fourth-order valence-electron chi connectivity index (χ4n) is 1.01. The molecule has 0 saturated heterocycles. The number of hydrogen-bond donors (Lipinski definition) is 1. The third-order valence-electron chi connectivity index (χ3n) is 1.80. The summed E-state index contributed by atoms with van der Waals surface area (Å²) in [5.74, 6) is 0. The van der Waals surface area contributed by atoms with Gasteiger partial charge < -0.3 is 5.11 Å². The zero-order valence-electron chi connectivity index (χ0n) is 7.07. The van der Waals surface area contributed by atoms with Gasteiger partial charge in [-0.15, -0.1) is 0 Å². The highest BCUT2D eigenvalue weighted by Crippen LogP contribution is 2.08. The highest BCUT2D eigenvalue weighted by molar-refractivity contribution is 5.15. The van der Waals surface area contributed by atoms with Crippen LogP contribution < -0.4 is 0 Å². The Balaban J connectivity index is 2.53. The minimum absolute atomic E-state index is 0.290. The van der Waals surface area contributed by atoms with E-state index in [1.165, 1.54) is 6.92 Å². The lowest BCUT2D eigenvalue weighted by atomic mass is 10.1. The largest absolute Gasteiger partial charge is 0.390 e. The van der Waals surface area contributed by atoms with Crippen molar-refractivity contribution >= 4 is 0 Å². The van der Waals surface area contributed by atoms with Crippen molar-refractivity contribution in [3.8, 4) is 0 Å². The van der Waals surface area contributed by atoms with Gasteiger partial charge in [0, 0.05) is 6.42 Å². The Labute approximate surface area is 71.9 Å². The Morgan fingerprint density at radius 1 is 1.33 bits per heavy atom. The van der Waals surface area contributed by atoms with Crippen LogP contribution in [0.2, 0.25) is 0 Å². The lowest BCUT2D eigenvalue weighted by Gasteiger charge is -2.10. The number of hydrogen-bond acceptors (Lipinski definition) is 1. The summed E-state index contributed by atoms with van der Waals surface area (Å²) < 4.78 is 13.0. The van der Waals surface area contributed by atoms with Crippen molar-refractivity contribution in [2.75, 3.05) is 0 Å². The van der Waals surface area contributed by atoms with E-state index in [-0.39, 0.29) is 0 Å². The summed E-state index contributed by atoms with van der Waals surface area (Å²) in [7, 11) is 0. The van der Waals surface area contributed by atoms with E-state index in [9.17, 15) is 4.39 Å². The number of aliphatic hydroxyl groups excluding tert-OH is 1. The summed E-state index contributed by atoms with van der Waals surface area (Å²) in [5, 5.41) is 8.91. The van der Waals surface area contributed by atoms with Crippen LogP contribution in [0.1, 0.15) is 12.5 Å². The van der Waals surface area contributed by atoms with Crippen molar-refractivity contribution in [1.29, 1.82) is 0 Å². The molecule has 0 aliphatic heterocycles. The van der Waals surface area contributed by atoms with Crippen LogP contribution >= 0.6 is 0 Å². The first kappa shape index (κ1) is 9.20. The summed E-state index contributed by atoms with van der Waals surface area (Å²) in [5.41, 5.74) is 0.922. The second-order valence-corrected chi connectivity index (χ2v) is 2.95. The molecule has 0 spiro atoms. The molecule has 0 aliphatic rings. The van der Waals surface area contributed by atoms with Crippen molar-refractivity contribution in [2.24, 2.45) is 0 Å². The highest BCUT2D eigenvalue weighted by atomic mass is 19.1. The molecule has 1 rings (SSSR count). The average Bonchev–Trinajstić information content (AvgIpc) is 2.06. The van der Waals surface area contributed by atoms with Gasteiger partial charge in [-0.05, 0) is 12.5 Å². The summed E-state index contributed by atoms with van der Waals surface area (Å²) in [4.78, 5) is 0. The van der Waals surface area contributed by atoms with E-state index in [4.69, 9.17) is 5.11 Å². The quantitative estimate of drug-likeness (QED) is 0.731. The van der Waals surface area contributed by atoms with Crippen LogP contribution in [0.5, 0.6) is 0 Å². The van der Waals surface area contributed by atoms with E-state index in [1.54, 1.807) is 0 Å². The van der Waals surface area contributed by atoms with E-state index in [2.05, 4.69) is 0 Å². The number of rotatable bonds is 3. The molecule has 0 aliphatic carbocycles. The molecule has 0 unspecified atom stereocenters. The predicted octanol–water partition coefficient (Wildman–Crippen LogP) is 1.95. The third-order valence-corrected chi connectivity index (χ3v) is 1.80. The summed E-state index contributed by atoms with van der Waals surface area (Å²) in [6.07, 6.45) is -1.75. The maximum atomic E-state index is 13.0. The standard InChI is InChI=1S/C10H13FO/c1-8(12)10(11)7-9-5-3-2-4-6-9/h2-6,8,10,12H,7H2,1H3/t8-,10-/m0/s1. The van der Waals surface area contributed by atoms with E-state index >= 15 is 0 Å². The Morgan fingerprint density at radius 3 is 2.42 bits per heavy atom. The maximum Gasteiger partial charge on any atom is 0.130 e. The smallest absolute Gasteiger partial charge is 0.130 e. The van der Waals surface area contributed by atoms with Gasteiger partial charge in [-0.25, -0.2) is 4.39 Å². The predicted molar refractivity (Wildman–Crippen MR) is 46.7 cm³/mol. The van der Waals surface area contributed by atoms with Crippen LogP contribution in [0.4, 0.5) is 4.39 Å². The summed E-state index contributed by atoms with van der Waals surface area (Å²) >= 11 is 0. The molecule has 1 aromatic carbocycles. The third kappa shape index (κ3) is 2.62. The molecule has 66 valence electrons. The van der Waals surface area contributed by atoms with Gasteiger partial charge in [0.1, 0.15) is 6.17 Å². The minimum atomic E-state index is -1.16. The van der Waals surface area contributed by atoms with Gasteiger partial charge in [-0.1, -0.05) is 30.3 Å². The molecule has 0 aromatic heterocycles. The maximum absolute atomic E-state index is 13.0. The van der Waals surface area contributed by atoms with Crippen molar-refractivity contribution < 1.29 is 9.50 Å². The summed E-state index contributed by atoms with van der Waals surface area (Å²) in [6, 6.07) is 9.33. The molecule has 1 aromatic rings. The molecule has 0 radical (unpaired) electrons. The van der Waals surface area contributed by atoms with Gasteiger partial charge >= 0.3 is 0 Å². The first-order valence-electron chi connectivity index (χ1n) is 4.06. The molecular formula is C10H13FO. The van der Waals surface area contributed by atoms with E-state index < -0.39 is 12.3 Å². The molecule has 2 atom stereocenters. The fraction of sp³-hybridized carbons (Fsp3) is 0.400. The van der Waals surface area contributed by atoms with E-state index in [1.807, 2.05) is 30.3 Å². The molecule has 1 nitrogen and oxygen atoms in total. The van der Waals surface area contributed by atoms with Gasteiger partial charge in [0.05, 0.1) is 6.10 Å². The molecule has 2 heteroatoms. The number of halogens is 1. The minimum Gasteiger partial charge on any atom is -0.390 e. The normalized spacial score (nSPS) is 15.6. The monoisotopic (exact) mass is 168 g/mol. The van der Waals surface area contributed by atoms with Crippen LogP contribution in [0.3, 0.4) is 0 Å². The van der Waals surface area contributed by atoms with Crippen molar-refractivity contribution in [1.82, 2.24) is 0 Å². The molecule has 0 amide bonds. The van der Waals surface area contributed by atoms with Crippen molar-refractivity contribution in [2.45, 2.75) is 25.6 Å². The van der Waals surface area contributed by atoms with Gasteiger partial charge in [0.25, 0.3) is 0 Å². The number of alkyl halides is 1. The summed E-state index contributed by atoms with van der Waals surface area (Å²) in [6.45, 7) is 1.47. The van der Waals surface area contributed by atoms with Gasteiger partial charge in [0.15, 0.2) is 0 Å². The van der Waals surface area contributed by atoms with Crippen LogP contribution in [0.15, 0.2) is 30.3 Å². The van der Waals surface area contributed by atoms with E-state index in [0.717, 1.165) is 5.56 Å². The van der Waals surface area contributed by atoms with Crippen molar-refractivity contribution in [3.63, 3.8) is 0 Å². The van der Waals surface area contributed by atoms with Gasteiger partial charge in [0.2, 0.25) is 0 Å². The first-order valence-corrected chi connectivity index (χ1v) is 4.06. The second kappa shape index (κ2) is 4.21. The second-order valence-electron chi connectivity index (χ2n) is 2.95. The Kier molecular flexibility index (Phi) is 3.23. The van der Waals surface area contributed by atoms with Crippen LogP contribution in [-0.2, 0) is 6.42 Å².